The van der Waals surface area contributed by atoms with Crippen molar-refractivity contribution in [1.82, 2.24) is 24.9 Å². The monoisotopic (exact) mass is 735 g/mol. The van der Waals surface area contributed by atoms with E-state index in [2.05, 4.69) is 56.8 Å². The van der Waals surface area contributed by atoms with E-state index in [9.17, 15) is 9.90 Å². The fourth-order valence-corrected chi connectivity index (χ4v) is 7.84. The number of esters is 1. The molecule has 0 radical (unpaired) electrons. The molecular formula is C43H57N7O4. The number of fused-ring (bicyclic) bond motifs is 1. The molecule has 0 saturated carbocycles. The van der Waals surface area contributed by atoms with Gasteiger partial charge in [0, 0.05) is 61.6 Å². The molecule has 0 aliphatic carbocycles. The molecule has 11 nitrogen and oxygen atoms in total. The van der Waals surface area contributed by atoms with Crippen molar-refractivity contribution in [3.8, 4) is 22.5 Å². The first-order valence-electron chi connectivity index (χ1n) is 19.3. The van der Waals surface area contributed by atoms with Gasteiger partial charge in [-0.3, -0.25) is 15.0 Å². The minimum atomic E-state index is -1.47. The summed E-state index contributed by atoms with van der Waals surface area (Å²) < 4.78 is 13.1. The minimum absolute atomic E-state index is 0.182. The number of hydrogen-bond donors (Lipinski definition) is 1. The van der Waals surface area contributed by atoms with E-state index >= 15 is 0 Å². The maximum atomic E-state index is 14.7. The lowest BCUT2D eigenvalue weighted by atomic mass is 9.77. The van der Waals surface area contributed by atoms with Crippen molar-refractivity contribution in [2.45, 2.75) is 119 Å². The predicted molar refractivity (Wildman–Crippen MR) is 212 cm³/mol. The number of nitrogens with zero attached hydrogens (tertiary/aromatic N) is 7. The highest BCUT2D eigenvalue weighted by atomic mass is 16.6. The van der Waals surface area contributed by atoms with Gasteiger partial charge in [0.1, 0.15) is 5.69 Å². The number of aryl methyl sites for hydroxylation is 1. The Morgan fingerprint density at radius 3 is 2.30 bits per heavy atom. The Bertz CT molecular complexity index is 1960. The largest absolute Gasteiger partial charge is 0.461 e. The minimum Gasteiger partial charge on any atom is -0.461 e. The number of pyridine rings is 1. The van der Waals surface area contributed by atoms with Crippen LogP contribution in [0.15, 0.2) is 49.1 Å². The van der Waals surface area contributed by atoms with Crippen molar-refractivity contribution in [2.24, 2.45) is 11.3 Å². The Morgan fingerprint density at radius 1 is 0.926 bits per heavy atom. The summed E-state index contributed by atoms with van der Waals surface area (Å²) >= 11 is 0. The molecule has 1 N–H and O–H groups in total. The number of hydrogen-bond acceptors (Lipinski definition) is 11. The molecule has 4 aromatic rings. The van der Waals surface area contributed by atoms with Crippen molar-refractivity contribution >= 4 is 17.6 Å². The lowest BCUT2D eigenvalue weighted by Crippen LogP contribution is -2.51. The number of aliphatic hydroxyl groups is 1. The standard InChI is InChI=1S/C43H57N7O4/c1-27(2)43(54-41(6,7)8,39(52)53-28(3)4)37-29(5)47-35(26-51)36(38(37)49-21-15-42(9,10)16-22-49)31-11-12-32-25-50(20-14-30(32)23-31)40-46-17-13-33(48-40)34-24-44-18-19-45-34/h11-13,17-19,23-24,27-28,51H,14-16,20-22,25-26H2,1-10H3/t43-/m0/s1. The molecule has 11 heteroatoms. The lowest BCUT2D eigenvalue weighted by molar-refractivity contribution is -0.207. The molecular weight excluding hydrogens is 679 g/mol. The summed E-state index contributed by atoms with van der Waals surface area (Å²) in [6.45, 7) is 23.0. The van der Waals surface area contributed by atoms with Crippen LogP contribution in [-0.4, -0.2) is 67.3 Å². The van der Waals surface area contributed by atoms with Crippen molar-refractivity contribution in [3.05, 3.63) is 77.1 Å². The summed E-state index contributed by atoms with van der Waals surface area (Å²) in [6, 6.07) is 8.38. The van der Waals surface area contributed by atoms with E-state index in [-0.39, 0.29) is 24.0 Å². The maximum Gasteiger partial charge on any atom is 0.343 e. The van der Waals surface area contributed by atoms with Crippen molar-refractivity contribution < 1.29 is 19.4 Å². The van der Waals surface area contributed by atoms with E-state index < -0.39 is 17.2 Å². The number of aliphatic hydroxyl groups excluding tert-OH is 1. The molecule has 2 aliphatic heterocycles. The first-order chi connectivity index (χ1) is 25.5. The predicted octanol–water partition coefficient (Wildman–Crippen LogP) is 7.60. The van der Waals surface area contributed by atoms with E-state index in [1.807, 2.05) is 61.5 Å². The normalized spacial score (nSPS) is 17.1. The molecule has 0 unspecified atom stereocenters. The van der Waals surface area contributed by atoms with Gasteiger partial charge >= 0.3 is 5.97 Å². The average molecular weight is 736 g/mol. The first kappa shape index (κ1) is 39.2. The van der Waals surface area contributed by atoms with Gasteiger partial charge in [-0.25, -0.2) is 14.8 Å². The van der Waals surface area contributed by atoms with Crippen LogP contribution in [0.3, 0.4) is 0 Å². The van der Waals surface area contributed by atoms with Gasteiger partial charge in [0.25, 0.3) is 0 Å². The Morgan fingerprint density at radius 2 is 1.67 bits per heavy atom. The highest BCUT2D eigenvalue weighted by Gasteiger charge is 2.53. The molecule has 54 heavy (non-hydrogen) atoms. The fourth-order valence-electron chi connectivity index (χ4n) is 7.84. The van der Waals surface area contributed by atoms with Gasteiger partial charge in [0.05, 0.1) is 41.6 Å². The number of carbonyl (C=O) groups is 1. The first-order valence-corrected chi connectivity index (χ1v) is 19.3. The van der Waals surface area contributed by atoms with Crippen LogP contribution in [0.4, 0.5) is 11.6 Å². The van der Waals surface area contributed by atoms with E-state index in [0.29, 0.717) is 35.1 Å². The van der Waals surface area contributed by atoms with E-state index in [0.717, 1.165) is 61.4 Å². The third-order valence-electron chi connectivity index (χ3n) is 10.6. The molecule has 1 aromatic carbocycles. The van der Waals surface area contributed by atoms with Gasteiger partial charge in [-0.15, -0.1) is 0 Å². The SMILES string of the molecule is Cc1nc(CO)c(-c2ccc3c(c2)CCN(c2nccc(-c4cnccn4)n2)C3)c(N2CCC(C)(C)CC2)c1[C@](OC(C)(C)C)(C(=O)OC(C)C)C(C)C. The molecule has 5 heterocycles. The van der Waals surface area contributed by atoms with E-state index in [1.165, 1.54) is 11.1 Å². The molecule has 1 atom stereocenters. The molecule has 288 valence electrons. The molecule has 0 spiro atoms. The Hall–Kier alpha value is -4.48. The van der Waals surface area contributed by atoms with Crippen LogP contribution in [0, 0.1) is 18.3 Å². The summed E-state index contributed by atoms with van der Waals surface area (Å²) in [4.78, 5) is 42.4. The lowest BCUT2D eigenvalue weighted by Gasteiger charge is -2.46. The number of carbonyl (C=O) groups excluding carboxylic acids is 1. The van der Waals surface area contributed by atoms with Crippen LogP contribution in [0.25, 0.3) is 22.5 Å². The van der Waals surface area contributed by atoms with E-state index in [4.69, 9.17) is 19.4 Å². The molecule has 1 saturated heterocycles. The van der Waals surface area contributed by atoms with Gasteiger partial charge in [0.15, 0.2) is 5.60 Å². The van der Waals surface area contributed by atoms with Crippen LogP contribution >= 0.6 is 0 Å². The molecule has 0 amide bonds. The van der Waals surface area contributed by atoms with Crippen LogP contribution in [0.5, 0.6) is 0 Å². The highest BCUT2D eigenvalue weighted by molar-refractivity contribution is 5.91. The fraction of sp³-hybridized carbons (Fsp3) is 0.535. The highest BCUT2D eigenvalue weighted by Crippen LogP contribution is 2.50. The summed E-state index contributed by atoms with van der Waals surface area (Å²) in [5.41, 5.74) is 6.47. The summed E-state index contributed by atoms with van der Waals surface area (Å²) in [7, 11) is 0. The molecule has 2 aliphatic rings. The average Bonchev–Trinajstić information content (AvgIpc) is 3.12. The van der Waals surface area contributed by atoms with Gasteiger partial charge in [-0.2, -0.15) is 0 Å². The number of piperidine rings is 1. The zero-order chi connectivity index (χ0) is 39.0. The van der Waals surface area contributed by atoms with Gasteiger partial charge in [-0.1, -0.05) is 45.9 Å². The summed E-state index contributed by atoms with van der Waals surface area (Å²) in [6.07, 6.45) is 9.18. The second-order valence-corrected chi connectivity index (χ2v) is 17.1. The molecule has 6 rings (SSSR count). The van der Waals surface area contributed by atoms with Crippen LogP contribution < -0.4 is 9.80 Å². The van der Waals surface area contributed by atoms with E-state index in [1.54, 1.807) is 24.8 Å². The third kappa shape index (κ3) is 7.98. The van der Waals surface area contributed by atoms with Crippen LogP contribution in [-0.2, 0) is 39.4 Å². The number of aromatic nitrogens is 5. The third-order valence-corrected chi connectivity index (χ3v) is 10.6. The quantitative estimate of drug-likeness (QED) is 0.162. The van der Waals surface area contributed by atoms with Crippen LogP contribution in [0.2, 0.25) is 0 Å². The topological polar surface area (TPSA) is 127 Å². The van der Waals surface area contributed by atoms with Crippen molar-refractivity contribution in [2.75, 3.05) is 29.4 Å². The molecule has 0 bridgehead atoms. The molecule has 1 fully saturated rings. The van der Waals surface area contributed by atoms with Crippen molar-refractivity contribution in [1.29, 1.82) is 0 Å². The zero-order valence-electron chi connectivity index (χ0n) is 33.7. The number of ether oxygens (including phenoxy) is 2. The number of anilines is 2. The van der Waals surface area contributed by atoms with Crippen LogP contribution in [0.1, 0.15) is 103 Å². The Kier molecular flexibility index (Phi) is 11.1. The number of rotatable bonds is 10. The second kappa shape index (κ2) is 15.3. The summed E-state index contributed by atoms with van der Waals surface area (Å²) in [5, 5.41) is 11.0. The van der Waals surface area contributed by atoms with Crippen molar-refractivity contribution in [3.63, 3.8) is 0 Å². The molecule has 3 aromatic heterocycles. The smallest absolute Gasteiger partial charge is 0.343 e. The van der Waals surface area contributed by atoms with Gasteiger partial charge in [0.2, 0.25) is 5.95 Å². The number of benzene rings is 1. The Labute approximate surface area is 320 Å². The summed E-state index contributed by atoms with van der Waals surface area (Å²) in [5.74, 6) is -0.0829. The Balaban J connectivity index is 1.51. The maximum absolute atomic E-state index is 14.7. The second-order valence-electron chi connectivity index (χ2n) is 17.1. The van der Waals surface area contributed by atoms with Gasteiger partial charge in [-0.05, 0) is 94.9 Å². The van der Waals surface area contributed by atoms with Gasteiger partial charge < -0.3 is 24.4 Å². The zero-order valence-corrected chi connectivity index (χ0v) is 33.7.